The monoisotopic (exact) mass is 245 g/mol. The molecule has 1 unspecified atom stereocenters. The lowest BCUT2D eigenvalue weighted by atomic mass is 9.99. The highest BCUT2D eigenvalue weighted by Gasteiger charge is 2.33. The molecule has 94 valence electrons. The normalized spacial score (nSPS) is 14.0. The summed E-state index contributed by atoms with van der Waals surface area (Å²) in [5, 5.41) is 34.6. The molecule has 1 atom stereocenters. The lowest BCUT2D eigenvalue weighted by molar-refractivity contribution is 0.269. The zero-order valence-corrected chi connectivity index (χ0v) is 10.8. The SMILES string of the molecule is C=C(CC(C#N)(C#N)N=NC(C)(C#N)CC)OC. The van der Waals surface area contributed by atoms with Gasteiger partial charge in [0, 0.05) is 0 Å². The molecule has 0 amide bonds. The van der Waals surface area contributed by atoms with Gasteiger partial charge in [0.2, 0.25) is 0 Å². The Labute approximate surface area is 107 Å². The summed E-state index contributed by atoms with van der Waals surface area (Å²) in [4.78, 5) is 0. The van der Waals surface area contributed by atoms with Crippen LogP contribution in [0, 0.1) is 34.0 Å². The van der Waals surface area contributed by atoms with Crippen LogP contribution in [0.15, 0.2) is 22.6 Å². The van der Waals surface area contributed by atoms with E-state index in [0.29, 0.717) is 6.42 Å². The van der Waals surface area contributed by atoms with Gasteiger partial charge in [0.15, 0.2) is 5.54 Å². The van der Waals surface area contributed by atoms with Gasteiger partial charge in [-0.1, -0.05) is 13.5 Å². The molecule has 0 saturated carbocycles. The second kappa shape index (κ2) is 6.37. The number of hydrogen-bond acceptors (Lipinski definition) is 6. The highest BCUT2D eigenvalue weighted by molar-refractivity contribution is 5.25. The van der Waals surface area contributed by atoms with Crippen molar-refractivity contribution in [3.05, 3.63) is 12.3 Å². The van der Waals surface area contributed by atoms with Gasteiger partial charge in [0.1, 0.15) is 12.1 Å². The fourth-order valence-corrected chi connectivity index (χ4v) is 0.909. The number of nitrogens with zero attached hydrogens (tertiary/aromatic N) is 5. The van der Waals surface area contributed by atoms with E-state index in [2.05, 4.69) is 16.8 Å². The number of nitriles is 3. The van der Waals surface area contributed by atoms with E-state index in [0.717, 1.165) is 0 Å². The molecule has 6 heteroatoms. The number of methoxy groups -OCH3 is 1. The molecule has 0 spiro atoms. The first-order valence-corrected chi connectivity index (χ1v) is 5.30. The second-order valence-corrected chi connectivity index (χ2v) is 3.94. The summed E-state index contributed by atoms with van der Waals surface area (Å²) >= 11 is 0. The zero-order chi connectivity index (χ0) is 14.2. The Bertz CT molecular complexity index is 448. The summed E-state index contributed by atoms with van der Waals surface area (Å²) in [5.74, 6) is 0.257. The minimum Gasteiger partial charge on any atom is -0.502 e. The van der Waals surface area contributed by atoms with Gasteiger partial charge in [0.25, 0.3) is 5.54 Å². The highest BCUT2D eigenvalue weighted by atomic mass is 16.5. The summed E-state index contributed by atoms with van der Waals surface area (Å²) in [5.41, 5.74) is -2.73. The van der Waals surface area contributed by atoms with E-state index in [9.17, 15) is 0 Å². The third-order valence-electron chi connectivity index (χ3n) is 2.48. The van der Waals surface area contributed by atoms with Crippen LogP contribution < -0.4 is 0 Å². The van der Waals surface area contributed by atoms with Gasteiger partial charge in [-0.15, -0.1) is 0 Å². The smallest absolute Gasteiger partial charge is 0.258 e. The van der Waals surface area contributed by atoms with Crippen molar-refractivity contribution in [1.29, 1.82) is 15.8 Å². The van der Waals surface area contributed by atoms with E-state index in [4.69, 9.17) is 20.5 Å². The van der Waals surface area contributed by atoms with Crippen LogP contribution in [0.1, 0.15) is 26.7 Å². The van der Waals surface area contributed by atoms with Crippen molar-refractivity contribution in [2.75, 3.05) is 7.11 Å². The van der Waals surface area contributed by atoms with Gasteiger partial charge >= 0.3 is 0 Å². The maximum atomic E-state index is 9.06. The van der Waals surface area contributed by atoms with Crippen LogP contribution in [-0.2, 0) is 4.74 Å². The van der Waals surface area contributed by atoms with Gasteiger partial charge < -0.3 is 4.74 Å². The minimum atomic E-state index is -1.69. The molecule has 0 saturated heterocycles. The molecule has 0 aliphatic rings. The van der Waals surface area contributed by atoms with E-state index in [-0.39, 0.29) is 12.2 Å². The van der Waals surface area contributed by atoms with Crippen molar-refractivity contribution < 1.29 is 4.74 Å². The van der Waals surface area contributed by atoms with Crippen LogP contribution in [-0.4, -0.2) is 18.2 Å². The van der Waals surface area contributed by atoms with Gasteiger partial charge in [-0.2, -0.15) is 26.0 Å². The van der Waals surface area contributed by atoms with Crippen molar-refractivity contribution >= 4 is 0 Å². The van der Waals surface area contributed by atoms with Crippen LogP contribution in [0.5, 0.6) is 0 Å². The van der Waals surface area contributed by atoms with Gasteiger partial charge in [-0.25, -0.2) is 0 Å². The van der Waals surface area contributed by atoms with E-state index in [1.807, 2.05) is 6.07 Å². The molecule has 0 aromatic rings. The topological polar surface area (TPSA) is 105 Å². The van der Waals surface area contributed by atoms with Crippen LogP contribution >= 0.6 is 0 Å². The standard InChI is InChI=1S/C12H15N5O/c1-5-11(3,7-13)16-17-12(8-14,9-15)6-10(2)18-4/h2,5-6H2,1,3-4H3. The molecule has 0 heterocycles. The Hall–Kier alpha value is -2.39. The molecular weight excluding hydrogens is 230 g/mol. The maximum Gasteiger partial charge on any atom is 0.258 e. The Kier molecular flexibility index (Phi) is 5.53. The van der Waals surface area contributed by atoms with E-state index >= 15 is 0 Å². The number of hydrogen-bond donors (Lipinski definition) is 0. The molecule has 0 N–H and O–H groups in total. The Balaban J connectivity index is 5.26. The average Bonchev–Trinajstić information content (AvgIpc) is 2.42. The van der Waals surface area contributed by atoms with Crippen molar-refractivity contribution in [2.45, 2.75) is 37.8 Å². The summed E-state index contributed by atoms with van der Waals surface area (Å²) < 4.78 is 4.83. The van der Waals surface area contributed by atoms with E-state index < -0.39 is 11.1 Å². The summed E-state index contributed by atoms with van der Waals surface area (Å²) in [7, 11) is 1.39. The van der Waals surface area contributed by atoms with Crippen LogP contribution in [0.25, 0.3) is 0 Å². The summed E-state index contributed by atoms with van der Waals surface area (Å²) in [6.45, 7) is 6.91. The number of rotatable bonds is 6. The number of ether oxygens (including phenoxy) is 1. The lowest BCUT2D eigenvalue weighted by Gasteiger charge is -2.16. The predicted octanol–water partition coefficient (Wildman–Crippen LogP) is 2.47. The Morgan fingerprint density at radius 2 is 1.78 bits per heavy atom. The average molecular weight is 245 g/mol. The summed E-state index contributed by atoms with van der Waals surface area (Å²) in [6.07, 6.45) is 0.358. The molecule has 0 rings (SSSR count). The number of azo groups is 1. The first-order chi connectivity index (χ1) is 8.40. The van der Waals surface area contributed by atoms with Crippen LogP contribution in [0.2, 0.25) is 0 Å². The molecule has 0 aliphatic carbocycles. The Morgan fingerprint density at radius 1 is 1.22 bits per heavy atom. The van der Waals surface area contributed by atoms with Crippen molar-refractivity contribution in [1.82, 2.24) is 0 Å². The highest BCUT2D eigenvalue weighted by Crippen LogP contribution is 2.23. The summed E-state index contributed by atoms with van der Waals surface area (Å²) in [6, 6.07) is 5.54. The zero-order valence-electron chi connectivity index (χ0n) is 10.8. The van der Waals surface area contributed by atoms with E-state index in [1.54, 1.807) is 26.0 Å². The Morgan fingerprint density at radius 3 is 2.11 bits per heavy atom. The molecule has 0 bridgehead atoms. The largest absolute Gasteiger partial charge is 0.502 e. The quantitative estimate of drug-likeness (QED) is 0.529. The first kappa shape index (κ1) is 15.6. The van der Waals surface area contributed by atoms with Gasteiger partial charge in [0.05, 0.1) is 25.4 Å². The van der Waals surface area contributed by atoms with Crippen LogP contribution in [0.4, 0.5) is 0 Å². The van der Waals surface area contributed by atoms with Crippen molar-refractivity contribution in [3.8, 4) is 18.2 Å². The molecule has 6 nitrogen and oxygen atoms in total. The molecule has 0 aromatic heterocycles. The van der Waals surface area contributed by atoms with Crippen molar-refractivity contribution in [3.63, 3.8) is 0 Å². The lowest BCUT2D eigenvalue weighted by Crippen LogP contribution is -2.25. The molecule has 0 aromatic carbocycles. The second-order valence-electron chi connectivity index (χ2n) is 3.94. The van der Waals surface area contributed by atoms with Gasteiger partial charge in [-0.3, -0.25) is 0 Å². The molecule has 0 fully saturated rings. The molecular formula is C12H15N5O. The van der Waals surface area contributed by atoms with E-state index in [1.165, 1.54) is 7.11 Å². The van der Waals surface area contributed by atoms with Crippen molar-refractivity contribution in [2.24, 2.45) is 10.2 Å². The molecule has 0 radical (unpaired) electrons. The van der Waals surface area contributed by atoms with Crippen LogP contribution in [0.3, 0.4) is 0 Å². The first-order valence-electron chi connectivity index (χ1n) is 5.30. The fraction of sp³-hybridized carbons (Fsp3) is 0.583. The molecule has 0 aliphatic heterocycles. The third-order valence-corrected chi connectivity index (χ3v) is 2.48. The third kappa shape index (κ3) is 3.88. The predicted molar refractivity (Wildman–Crippen MR) is 63.9 cm³/mol. The molecule has 18 heavy (non-hydrogen) atoms. The van der Waals surface area contributed by atoms with Gasteiger partial charge in [-0.05, 0) is 13.3 Å². The maximum absolute atomic E-state index is 9.06. The fourth-order valence-electron chi connectivity index (χ4n) is 0.909. The minimum absolute atomic E-state index is 0.0782.